The van der Waals surface area contributed by atoms with Gasteiger partial charge in [-0.3, -0.25) is 14.9 Å². The highest BCUT2D eigenvalue weighted by Gasteiger charge is 2.15. The molecule has 2 N–H and O–H groups in total. The van der Waals surface area contributed by atoms with Crippen molar-refractivity contribution in [1.29, 1.82) is 0 Å². The molecule has 0 spiro atoms. The van der Waals surface area contributed by atoms with Gasteiger partial charge in [-0.05, 0) is 35.9 Å². The van der Waals surface area contributed by atoms with Crippen molar-refractivity contribution in [2.24, 2.45) is 0 Å². The minimum atomic E-state index is -0.727. The maximum Gasteiger partial charge on any atom is 0.341 e. The highest BCUT2D eigenvalue weighted by atomic mass is 16.6. The van der Waals surface area contributed by atoms with Crippen LogP contribution in [0.15, 0.2) is 48.5 Å². The van der Waals surface area contributed by atoms with Gasteiger partial charge in [-0.1, -0.05) is 6.07 Å². The average Bonchev–Trinajstić information content (AvgIpc) is 2.61. The number of carbonyl (C=O) groups is 2. The van der Waals surface area contributed by atoms with Crippen molar-refractivity contribution in [2.75, 3.05) is 12.4 Å². The van der Waals surface area contributed by atoms with Crippen LogP contribution in [0.25, 0.3) is 6.08 Å². The van der Waals surface area contributed by atoms with Crippen LogP contribution in [0.4, 0.5) is 11.4 Å². The fourth-order valence-corrected chi connectivity index (χ4v) is 1.97. The Balaban J connectivity index is 2.10. The van der Waals surface area contributed by atoms with Crippen LogP contribution in [0, 0.1) is 10.1 Å². The first-order valence-corrected chi connectivity index (χ1v) is 7.06. The number of carbonyl (C=O) groups excluding carboxylic acids is 2. The Kier molecular flexibility index (Phi) is 5.47. The van der Waals surface area contributed by atoms with Gasteiger partial charge in [0.25, 0.3) is 5.69 Å². The van der Waals surface area contributed by atoms with E-state index in [0.717, 1.165) is 0 Å². The first-order chi connectivity index (χ1) is 11.9. The maximum atomic E-state index is 11.9. The number of anilines is 1. The lowest BCUT2D eigenvalue weighted by Crippen LogP contribution is -2.09. The summed E-state index contributed by atoms with van der Waals surface area (Å²) in [6.07, 6.45) is 2.66. The van der Waals surface area contributed by atoms with Gasteiger partial charge in [0, 0.05) is 18.2 Å². The predicted octanol–water partition coefficient (Wildman–Crippen LogP) is 2.74. The number of esters is 1. The number of ether oxygens (including phenoxy) is 1. The van der Waals surface area contributed by atoms with Gasteiger partial charge in [0.05, 0.1) is 17.7 Å². The van der Waals surface area contributed by atoms with Gasteiger partial charge in [0.2, 0.25) is 5.91 Å². The quantitative estimate of drug-likeness (QED) is 0.283. The summed E-state index contributed by atoms with van der Waals surface area (Å²) in [6, 6.07) is 9.92. The zero-order chi connectivity index (χ0) is 18.4. The lowest BCUT2D eigenvalue weighted by molar-refractivity contribution is -0.384. The number of phenols is 1. The standard InChI is InChI=1S/C17H14N2O6/c1-25-17(22)13-3-2-4-14(16(13)21)18-15(20)10-7-11-5-8-12(9-6-11)19(23)24/h2-10,21H,1H3,(H,18,20)/b10-7+. The van der Waals surface area contributed by atoms with Crippen LogP contribution in [0.1, 0.15) is 15.9 Å². The number of benzene rings is 2. The van der Waals surface area contributed by atoms with E-state index >= 15 is 0 Å². The predicted molar refractivity (Wildman–Crippen MR) is 90.2 cm³/mol. The van der Waals surface area contributed by atoms with E-state index in [1.165, 1.54) is 61.7 Å². The smallest absolute Gasteiger partial charge is 0.341 e. The molecule has 25 heavy (non-hydrogen) atoms. The molecule has 0 saturated heterocycles. The summed E-state index contributed by atoms with van der Waals surface area (Å²) in [5.41, 5.74) is 0.528. The van der Waals surface area contributed by atoms with Gasteiger partial charge >= 0.3 is 5.97 Å². The number of para-hydroxylation sites is 1. The number of amides is 1. The molecule has 2 aromatic carbocycles. The molecule has 0 saturated carbocycles. The third-order valence-corrected chi connectivity index (χ3v) is 3.23. The molecule has 2 rings (SSSR count). The lowest BCUT2D eigenvalue weighted by Gasteiger charge is -2.08. The fraction of sp³-hybridized carbons (Fsp3) is 0.0588. The Morgan fingerprint density at radius 1 is 1.20 bits per heavy atom. The van der Waals surface area contributed by atoms with E-state index in [0.29, 0.717) is 5.56 Å². The normalized spacial score (nSPS) is 10.4. The Morgan fingerprint density at radius 3 is 2.48 bits per heavy atom. The van der Waals surface area contributed by atoms with Gasteiger partial charge in [-0.15, -0.1) is 0 Å². The number of nitro benzene ring substituents is 1. The molecule has 0 radical (unpaired) electrons. The number of non-ortho nitro benzene ring substituents is 1. The number of nitrogens with zero attached hydrogens (tertiary/aromatic N) is 1. The minimum Gasteiger partial charge on any atom is -0.505 e. The molecule has 0 fully saturated rings. The number of hydrogen-bond donors (Lipinski definition) is 2. The number of rotatable bonds is 5. The molecule has 0 aliphatic carbocycles. The Labute approximate surface area is 142 Å². The molecule has 0 unspecified atom stereocenters. The van der Waals surface area contributed by atoms with Crippen LogP contribution in [0.3, 0.4) is 0 Å². The van der Waals surface area contributed by atoms with Gasteiger partial charge < -0.3 is 15.2 Å². The molecule has 0 heterocycles. The molecule has 0 aliphatic heterocycles. The summed E-state index contributed by atoms with van der Waals surface area (Å²) < 4.78 is 4.54. The fourth-order valence-electron chi connectivity index (χ4n) is 1.97. The van der Waals surface area contributed by atoms with Crippen LogP contribution in [0.5, 0.6) is 5.75 Å². The number of nitro groups is 1. The monoisotopic (exact) mass is 342 g/mol. The van der Waals surface area contributed by atoms with E-state index in [1.54, 1.807) is 0 Å². The second kappa shape index (κ2) is 7.73. The van der Waals surface area contributed by atoms with E-state index < -0.39 is 22.5 Å². The molecule has 1 amide bonds. The lowest BCUT2D eigenvalue weighted by atomic mass is 10.1. The Bertz CT molecular complexity index is 843. The molecule has 0 bridgehead atoms. The summed E-state index contributed by atoms with van der Waals surface area (Å²) in [7, 11) is 1.18. The molecule has 0 atom stereocenters. The highest BCUT2D eigenvalue weighted by molar-refractivity contribution is 6.04. The minimum absolute atomic E-state index is 0.0499. The molecule has 8 heteroatoms. The van der Waals surface area contributed by atoms with E-state index in [-0.39, 0.29) is 16.9 Å². The third kappa shape index (κ3) is 4.41. The summed E-state index contributed by atoms with van der Waals surface area (Å²) >= 11 is 0. The number of hydrogen-bond acceptors (Lipinski definition) is 6. The van der Waals surface area contributed by atoms with Crippen molar-refractivity contribution in [3.8, 4) is 5.75 Å². The summed E-state index contributed by atoms with van der Waals surface area (Å²) in [5.74, 6) is -1.67. The van der Waals surface area contributed by atoms with Crippen molar-refractivity contribution in [3.05, 3.63) is 69.8 Å². The van der Waals surface area contributed by atoms with E-state index in [1.807, 2.05) is 0 Å². The molecule has 2 aromatic rings. The number of methoxy groups -OCH3 is 1. The Morgan fingerprint density at radius 2 is 1.88 bits per heavy atom. The van der Waals surface area contributed by atoms with Crippen LogP contribution < -0.4 is 5.32 Å². The van der Waals surface area contributed by atoms with Gasteiger partial charge in [-0.25, -0.2) is 4.79 Å². The number of nitrogens with one attached hydrogen (secondary N) is 1. The molecule has 8 nitrogen and oxygen atoms in total. The van der Waals surface area contributed by atoms with Gasteiger partial charge in [0.1, 0.15) is 5.56 Å². The zero-order valence-electron chi connectivity index (χ0n) is 13.1. The van der Waals surface area contributed by atoms with Gasteiger partial charge in [0.15, 0.2) is 5.75 Å². The highest BCUT2D eigenvalue weighted by Crippen LogP contribution is 2.28. The van der Waals surface area contributed by atoms with Gasteiger partial charge in [-0.2, -0.15) is 0 Å². The topological polar surface area (TPSA) is 119 Å². The maximum absolute atomic E-state index is 11.9. The SMILES string of the molecule is COC(=O)c1cccc(NC(=O)/C=C/c2ccc([N+](=O)[O-])cc2)c1O. The van der Waals surface area contributed by atoms with Crippen molar-refractivity contribution >= 4 is 29.3 Å². The first kappa shape index (κ1) is 17.7. The van der Waals surface area contributed by atoms with Crippen molar-refractivity contribution in [1.82, 2.24) is 0 Å². The number of phenolic OH excluding ortho intramolecular Hbond substituents is 1. The summed E-state index contributed by atoms with van der Waals surface area (Å²) in [4.78, 5) is 33.5. The van der Waals surface area contributed by atoms with Crippen molar-refractivity contribution in [2.45, 2.75) is 0 Å². The average molecular weight is 342 g/mol. The summed E-state index contributed by atoms with van der Waals surface area (Å²) in [5, 5.41) is 23.0. The zero-order valence-corrected chi connectivity index (χ0v) is 13.1. The molecular formula is C17H14N2O6. The van der Waals surface area contributed by atoms with Crippen LogP contribution in [0.2, 0.25) is 0 Å². The van der Waals surface area contributed by atoms with Crippen molar-refractivity contribution in [3.63, 3.8) is 0 Å². The van der Waals surface area contributed by atoms with Crippen LogP contribution in [-0.4, -0.2) is 29.0 Å². The largest absolute Gasteiger partial charge is 0.505 e. The van der Waals surface area contributed by atoms with E-state index in [9.17, 15) is 24.8 Å². The van der Waals surface area contributed by atoms with E-state index in [4.69, 9.17) is 0 Å². The second-order valence-corrected chi connectivity index (χ2v) is 4.86. The first-order valence-electron chi connectivity index (χ1n) is 7.06. The van der Waals surface area contributed by atoms with Crippen molar-refractivity contribution < 1.29 is 24.4 Å². The second-order valence-electron chi connectivity index (χ2n) is 4.86. The third-order valence-electron chi connectivity index (χ3n) is 3.23. The molecular weight excluding hydrogens is 328 g/mol. The van der Waals surface area contributed by atoms with Crippen LogP contribution >= 0.6 is 0 Å². The molecule has 0 aliphatic rings. The summed E-state index contributed by atoms with van der Waals surface area (Å²) in [6.45, 7) is 0. The molecule has 128 valence electrons. The van der Waals surface area contributed by atoms with E-state index in [2.05, 4.69) is 10.1 Å². The van der Waals surface area contributed by atoms with Crippen LogP contribution in [-0.2, 0) is 9.53 Å². The Hall–Kier alpha value is -3.68. The number of aromatic hydroxyl groups is 1. The molecule has 0 aromatic heterocycles.